The summed E-state index contributed by atoms with van der Waals surface area (Å²) in [5.41, 5.74) is 3.66. The van der Waals surface area contributed by atoms with Gasteiger partial charge in [0.2, 0.25) is 5.88 Å². The van der Waals surface area contributed by atoms with Gasteiger partial charge in [-0.15, -0.1) is 0 Å². The number of nitrogens with one attached hydrogen (secondary N) is 1. The summed E-state index contributed by atoms with van der Waals surface area (Å²) in [5, 5.41) is 12.2. The zero-order valence-electron chi connectivity index (χ0n) is 16.5. The van der Waals surface area contributed by atoms with Crippen LogP contribution in [0.1, 0.15) is 36.9 Å². The van der Waals surface area contributed by atoms with E-state index in [1.165, 1.54) is 18.4 Å². The molecule has 1 amide bonds. The molecule has 0 aliphatic rings. The van der Waals surface area contributed by atoms with Crippen molar-refractivity contribution in [1.29, 1.82) is 0 Å². The van der Waals surface area contributed by atoms with E-state index in [4.69, 9.17) is 9.84 Å². The van der Waals surface area contributed by atoms with Gasteiger partial charge >= 0.3 is 5.97 Å². The number of pyridine rings is 2. The van der Waals surface area contributed by atoms with Gasteiger partial charge in [-0.05, 0) is 47.4 Å². The highest BCUT2D eigenvalue weighted by Gasteiger charge is 2.14. The molecule has 0 saturated carbocycles. The first-order valence-corrected chi connectivity index (χ1v) is 10.2. The van der Waals surface area contributed by atoms with Crippen LogP contribution in [0, 0.1) is 0 Å². The maximum atomic E-state index is 12.5. The van der Waals surface area contributed by atoms with Crippen molar-refractivity contribution in [3.8, 4) is 5.88 Å². The van der Waals surface area contributed by atoms with E-state index in [0.717, 1.165) is 16.7 Å². The molecule has 8 nitrogen and oxygen atoms in total. The number of ether oxygens (including phenoxy) is 1. The normalized spacial score (nSPS) is 10.7. The third kappa shape index (κ3) is 4.84. The van der Waals surface area contributed by atoms with Crippen LogP contribution >= 0.6 is 11.3 Å². The molecule has 0 aliphatic carbocycles. The van der Waals surface area contributed by atoms with Crippen LogP contribution < -0.4 is 10.1 Å². The van der Waals surface area contributed by atoms with Crippen molar-refractivity contribution in [2.24, 2.45) is 0 Å². The summed E-state index contributed by atoms with van der Waals surface area (Å²) in [5.74, 6) is -0.739. The van der Waals surface area contributed by atoms with Gasteiger partial charge in [-0.1, -0.05) is 23.5 Å². The van der Waals surface area contributed by atoms with Crippen molar-refractivity contribution in [3.05, 3.63) is 82.1 Å². The van der Waals surface area contributed by atoms with Crippen molar-refractivity contribution in [2.75, 3.05) is 7.11 Å². The summed E-state index contributed by atoms with van der Waals surface area (Å²) in [6.07, 6.45) is 3.96. The topological polar surface area (TPSA) is 114 Å². The fourth-order valence-electron chi connectivity index (χ4n) is 2.99. The lowest BCUT2D eigenvalue weighted by molar-refractivity contribution is 0.0696. The Morgan fingerprint density at radius 3 is 2.61 bits per heavy atom. The molecule has 0 unspecified atom stereocenters. The highest BCUT2D eigenvalue weighted by Crippen LogP contribution is 2.22. The molecule has 156 valence electrons. The standard InChI is InChI=1S/C22H18N4O4S/c1-30-18-10-14(6-7-23-18)11-24-19(27)21-26-17-9-15(12-25-20(17)31-21)8-13-2-4-16(5-3-13)22(28)29/h2-7,9-10,12H,8,11H2,1H3,(H,24,27)(H,28,29). The second-order valence-electron chi connectivity index (χ2n) is 6.75. The predicted molar refractivity (Wildman–Crippen MR) is 116 cm³/mol. The zero-order valence-corrected chi connectivity index (χ0v) is 17.3. The minimum atomic E-state index is -0.953. The van der Waals surface area contributed by atoms with Crippen molar-refractivity contribution in [3.63, 3.8) is 0 Å². The molecule has 0 saturated heterocycles. The number of carboxylic acids is 1. The molecular formula is C22H18N4O4S. The quantitative estimate of drug-likeness (QED) is 0.459. The fraction of sp³-hybridized carbons (Fsp3) is 0.136. The number of carbonyl (C=O) groups is 2. The minimum Gasteiger partial charge on any atom is -0.481 e. The van der Waals surface area contributed by atoms with E-state index >= 15 is 0 Å². The summed E-state index contributed by atoms with van der Waals surface area (Å²) in [4.78, 5) is 37.1. The molecule has 0 spiro atoms. The van der Waals surface area contributed by atoms with E-state index in [2.05, 4.69) is 20.3 Å². The third-order valence-corrected chi connectivity index (χ3v) is 5.55. The van der Waals surface area contributed by atoms with Crippen LogP contribution in [0.25, 0.3) is 10.3 Å². The Labute approximate surface area is 181 Å². The Kier molecular flexibility index (Phi) is 5.85. The van der Waals surface area contributed by atoms with Crippen molar-refractivity contribution < 1.29 is 19.4 Å². The number of aromatic nitrogens is 3. The number of fused-ring (bicyclic) bond motifs is 1. The number of nitrogens with zero attached hydrogens (tertiary/aromatic N) is 3. The van der Waals surface area contributed by atoms with Gasteiger partial charge in [0.1, 0.15) is 10.3 Å². The molecule has 0 bridgehead atoms. The molecule has 0 radical (unpaired) electrons. The van der Waals surface area contributed by atoms with Gasteiger partial charge in [0.15, 0.2) is 5.01 Å². The number of carbonyl (C=O) groups excluding carboxylic acids is 1. The molecule has 0 aliphatic heterocycles. The van der Waals surface area contributed by atoms with Crippen LogP contribution in [0.15, 0.2) is 54.9 Å². The molecule has 4 rings (SSSR count). The molecule has 4 aromatic rings. The smallest absolute Gasteiger partial charge is 0.335 e. The number of methoxy groups -OCH3 is 1. The Morgan fingerprint density at radius 2 is 1.87 bits per heavy atom. The summed E-state index contributed by atoms with van der Waals surface area (Å²) < 4.78 is 5.09. The van der Waals surface area contributed by atoms with E-state index in [1.54, 1.807) is 48.8 Å². The second kappa shape index (κ2) is 8.88. The zero-order chi connectivity index (χ0) is 21.8. The van der Waals surface area contributed by atoms with Crippen LogP contribution in [0.3, 0.4) is 0 Å². The van der Waals surface area contributed by atoms with Crippen molar-refractivity contribution >= 4 is 33.6 Å². The maximum Gasteiger partial charge on any atom is 0.335 e. The SMILES string of the molecule is COc1cc(CNC(=O)c2nc3cc(Cc4ccc(C(=O)O)cc4)cnc3s2)ccn1. The van der Waals surface area contributed by atoms with Crippen LogP contribution in [-0.4, -0.2) is 39.0 Å². The number of rotatable bonds is 7. The number of thiazole rings is 1. The van der Waals surface area contributed by atoms with Gasteiger partial charge in [0.05, 0.1) is 12.7 Å². The minimum absolute atomic E-state index is 0.248. The lowest BCUT2D eigenvalue weighted by Crippen LogP contribution is -2.22. The van der Waals surface area contributed by atoms with Crippen LogP contribution in [0.2, 0.25) is 0 Å². The molecule has 9 heteroatoms. The average Bonchev–Trinajstić information content (AvgIpc) is 3.21. The van der Waals surface area contributed by atoms with Gasteiger partial charge in [-0.25, -0.2) is 19.7 Å². The van der Waals surface area contributed by atoms with Crippen molar-refractivity contribution in [1.82, 2.24) is 20.3 Å². The number of hydrogen-bond acceptors (Lipinski definition) is 7. The molecule has 3 aromatic heterocycles. The van der Waals surface area contributed by atoms with Crippen molar-refractivity contribution in [2.45, 2.75) is 13.0 Å². The Balaban J connectivity index is 1.45. The summed E-state index contributed by atoms with van der Waals surface area (Å²) in [7, 11) is 1.54. The van der Waals surface area contributed by atoms with Crippen LogP contribution in [0.4, 0.5) is 0 Å². The molecular weight excluding hydrogens is 416 g/mol. The largest absolute Gasteiger partial charge is 0.481 e. The lowest BCUT2D eigenvalue weighted by atomic mass is 10.0. The maximum absolute atomic E-state index is 12.5. The van der Waals surface area contributed by atoms with Gasteiger partial charge < -0.3 is 15.2 Å². The third-order valence-electron chi connectivity index (χ3n) is 4.57. The van der Waals surface area contributed by atoms with E-state index in [9.17, 15) is 9.59 Å². The number of amides is 1. The summed E-state index contributed by atoms with van der Waals surface area (Å²) in [6.45, 7) is 0.332. The van der Waals surface area contributed by atoms with Gasteiger partial charge in [0.25, 0.3) is 5.91 Å². The molecule has 0 atom stereocenters. The monoisotopic (exact) mass is 434 g/mol. The van der Waals surface area contributed by atoms with Gasteiger partial charge in [-0.3, -0.25) is 4.79 Å². The second-order valence-corrected chi connectivity index (χ2v) is 7.73. The summed E-state index contributed by atoms with van der Waals surface area (Å²) in [6, 6.07) is 12.2. The lowest BCUT2D eigenvalue weighted by Gasteiger charge is -2.04. The van der Waals surface area contributed by atoms with Crippen LogP contribution in [-0.2, 0) is 13.0 Å². The first kappa shape index (κ1) is 20.4. The van der Waals surface area contributed by atoms with Gasteiger partial charge in [-0.2, -0.15) is 0 Å². The number of hydrogen-bond donors (Lipinski definition) is 2. The van der Waals surface area contributed by atoms with E-state index in [0.29, 0.717) is 34.2 Å². The number of carboxylic acid groups (broad SMARTS) is 1. The first-order valence-electron chi connectivity index (χ1n) is 9.36. The molecule has 1 aromatic carbocycles. The van der Waals surface area contributed by atoms with E-state index in [1.807, 2.05) is 6.07 Å². The fourth-order valence-corrected chi connectivity index (χ4v) is 3.80. The average molecular weight is 434 g/mol. The molecule has 0 fully saturated rings. The van der Waals surface area contributed by atoms with Crippen LogP contribution in [0.5, 0.6) is 5.88 Å². The molecule has 31 heavy (non-hydrogen) atoms. The number of benzene rings is 1. The van der Waals surface area contributed by atoms with E-state index in [-0.39, 0.29) is 11.5 Å². The molecule has 3 heterocycles. The van der Waals surface area contributed by atoms with Gasteiger partial charge in [0, 0.05) is 25.0 Å². The summed E-state index contributed by atoms with van der Waals surface area (Å²) >= 11 is 1.23. The highest BCUT2D eigenvalue weighted by atomic mass is 32.1. The predicted octanol–water partition coefficient (Wildman–Crippen LogP) is 3.31. The first-order chi connectivity index (χ1) is 15.0. The molecule has 2 N–H and O–H groups in total. The van der Waals surface area contributed by atoms with E-state index < -0.39 is 5.97 Å². The Morgan fingerprint density at radius 1 is 1.06 bits per heavy atom. The Hall–Kier alpha value is -3.85. The number of aromatic carboxylic acids is 1. The Bertz CT molecular complexity index is 1250. The highest BCUT2D eigenvalue weighted by molar-refractivity contribution is 7.19.